The Morgan fingerprint density at radius 3 is 2.28 bits per heavy atom. The van der Waals surface area contributed by atoms with Gasteiger partial charge in [0.05, 0.1) is 5.56 Å². The normalized spacial score (nSPS) is 10.8. The molecule has 1 aromatic heterocycles. The fraction of sp³-hybridized carbons (Fsp3) is 0.292. The Hall–Kier alpha value is -3.55. The Morgan fingerprint density at radius 1 is 1.03 bits per heavy atom. The van der Waals surface area contributed by atoms with Gasteiger partial charge in [-0.1, -0.05) is 13.8 Å². The number of hydrogen-bond acceptors (Lipinski definition) is 3. The molecule has 32 heavy (non-hydrogen) atoms. The Labute approximate surface area is 185 Å². The second kappa shape index (κ2) is 10.2. The Kier molecular flexibility index (Phi) is 7.35. The van der Waals surface area contributed by atoms with Crippen LogP contribution in [0.5, 0.6) is 0 Å². The molecule has 3 aromatic rings. The number of nitrogens with zero attached hydrogens (tertiary/aromatic N) is 3. The van der Waals surface area contributed by atoms with Crippen LogP contribution in [-0.4, -0.2) is 39.6 Å². The lowest BCUT2D eigenvalue weighted by atomic mass is 10.1. The first-order valence-electron chi connectivity index (χ1n) is 10.5. The van der Waals surface area contributed by atoms with Crippen molar-refractivity contribution >= 4 is 17.5 Å². The molecule has 0 atom stereocenters. The molecule has 0 saturated carbocycles. The van der Waals surface area contributed by atoms with Gasteiger partial charge >= 0.3 is 0 Å². The van der Waals surface area contributed by atoms with Crippen LogP contribution in [-0.2, 0) is 7.05 Å². The number of benzene rings is 2. The van der Waals surface area contributed by atoms with Gasteiger partial charge in [0.25, 0.3) is 11.8 Å². The van der Waals surface area contributed by atoms with Crippen molar-refractivity contribution in [3.63, 3.8) is 0 Å². The fourth-order valence-corrected chi connectivity index (χ4v) is 3.47. The highest BCUT2D eigenvalue weighted by molar-refractivity contribution is 6.08. The van der Waals surface area contributed by atoms with Gasteiger partial charge in [0.1, 0.15) is 17.3 Å². The van der Waals surface area contributed by atoms with Crippen molar-refractivity contribution in [1.29, 1.82) is 0 Å². The molecule has 0 saturated heterocycles. The molecule has 1 N–H and O–H groups in total. The van der Waals surface area contributed by atoms with Gasteiger partial charge in [-0.25, -0.2) is 8.78 Å². The number of halogens is 2. The summed E-state index contributed by atoms with van der Waals surface area (Å²) < 4.78 is 28.9. The van der Waals surface area contributed by atoms with Crippen LogP contribution >= 0.6 is 0 Å². The molecule has 0 aliphatic rings. The minimum atomic E-state index is -0.802. The molecule has 0 aliphatic carbocycles. The van der Waals surface area contributed by atoms with Gasteiger partial charge in [-0.05, 0) is 49.2 Å². The summed E-state index contributed by atoms with van der Waals surface area (Å²) >= 11 is 0. The SMILES string of the molecule is CCCN(CCC)C(=O)c1ccc(NC(=O)c2cn(C)nc2-c2ccc(F)cc2F)cc1. The number of carbonyl (C=O) groups is 2. The summed E-state index contributed by atoms with van der Waals surface area (Å²) in [4.78, 5) is 27.4. The number of anilines is 1. The Bertz CT molecular complexity index is 1100. The van der Waals surface area contributed by atoms with E-state index >= 15 is 0 Å². The topological polar surface area (TPSA) is 67.2 Å². The average Bonchev–Trinajstić information content (AvgIpc) is 3.15. The quantitative estimate of drug-likeness (QED) is 0.543. The Balaban J connectivity index is 1.79. The van der Waals surface area contributed by atoms with Crippen molar-refractivity contribution in [1.82, 2.24) is 14.7 Å². The van der Waals surface area contributed by atoms with E-state index in [0.29, 0.717) is 24.3 Å². The molecule has 168 valence electrons. The van der Waals surface area contributed by atoms with Gasteiger partial charge in [0.2, 0.25) is 0 Å². The predicted molar refractivity (Wildman–Crippen MR) is 119 cm³/mol. The number of carbonyl (C=O) groups excluding carboxylic acids is 2. The van der Waals surface area contributed by atoms with Gasteiger partial charge in [-0.3, -0.25) is 14.3 Å². The molecule has 0 aliphatic heterocycles. The first-order chi connectivity index (χ1) is 15.3. The van der Waals surface area contributed by atoms with Crippen LogP contribution in [0.4, 0.5) is 14.5 Å². The second-order valence-corrected chi connectivity index (χ2v) is 7.51. The maximum Gasteiger partial charge on any atom is 0.259 e. The third kappa shape index (κ3) is 5.19. The van der Waals surface area contributed by atoms with Crippen LogP contribution in [0.2, 0.25) is 0 Å². The third-order valence-corrected chi connectivity index (χ3v) is 4.92. The molecule has 0 radical (unpaired) electrons. The lowest BCUT2D eigenvalue weighted by molar-refractivity contribution is 0.0755. The van der Waals surface area contributed by atoms with Gasteiger partial charge < -0.3 is 10.2 Å². The maximum absolute atomic E-state index is 14.3. The van der Waals surface area contributed by atoms with Crippen LogP contribution in [0.1, 0.15) is 47.4 Å². The number of nitrogens with one attached hydrogen (secondary N) is 1. The third-order valence-electron chi connectivity index (χ3n) is 4.92. The highest BCUT2D eigenvalue weighted by Gasteiger charge is 2.21. The molecular formula is C24H26F2N4O2. The molecule has 0 unspecified atom stereocenters. The average molecular weight is 440 g/mol. The van der Waals surface area contributed by atoms with Crippen molar-refractivity contribution < 1.29 is 18.4 Å². The Morgan fingerprint density at radius 2 is 1.69 bits per heavy atom. The lowest BCUT2D eigenvalue weighted by Crippen LogP contribution is -2.32. The largest absolute Gasteiger partial charge is 0.339 e. The smallest absolute Gasteiger partial charge is 0.259 e. The maximum atomic E-state index is 14.3. The van der Waals surface area contributed by atoms with Crippen molar-refractivity contribution in [2.75, 3.05) is 18.4 Å². The van der Waals surface area contributed by atoms with Crippen LogP contribution in [0, 0.1) is 11.6 Å². The first-order valence-corrected chi connectivity index (χ1v) is 10.5. The number of aromatic nitrogens is 2. The summed E-state index contributed by atoms with van der Waals surface area (Å²) in [5.74, 6) is -2.05. The van der Waals surface area contributed by atoms with Gasteiger partial charge in [-0.15, -0.1) is 0 Å². The summed E-state index contributed by atoms with van der Waals surface area (Å²) in [5, 5.41) is 6.91. The highest BCUT2D eigenvalue weighted by Crippen LogP contribution is 2.26. The minimum absolute atomic E-state index is 0.0324. The summed E-state index contributed by atoms with van der Waals surface area (Å²) in [5.41, 5.74) is 1.32. The highest BCUT2D eigenvalue weighted by atomic mass is 19.1. The molecule has 6 nitrogen and oxygen atoms in total. The lowest BCUT2D eigenvalue weighted by Gasteiger charge is -2.21. The van der Waals surface area contributed by atoms with Gasteiger partial charge in [0, 0.05) is 49.2 Å². The molecule has 2 amide bonds. The molecule has 0 fully saturated rings. The number of rotatable bonds is 8. The molecule has 0 bridgehead atoms. The van der Waals surface area contributed by atoms with Crippen LogP contribution in [0.3, 0.4) is 0 Å². The van der Waals surface area contributed by atoms with E-state index in [9.17, 15) is 18.4 Å². The summed E-state index contributed by atoms with van der Waals surface area (Å²) in [6, 6.07) is 9.75. The van der Waals surface area contributed by atoms with Crippen molar-refractivity contribution in [3.8, 4) is 11.3 Å². The number of aryl methyl sites for hydroxylation is 1. The van der Waals surface area contributed by atoms with E-state index in [1.54, 1.807) is 31.3 Å². The standard InChI is InChI=1S/C24H26F2N4O2/c1-4-12-30(13-5-2)24(32)16-6-9-18(10-7-16)27-23(31)20-15-29(3)28-22(20)19-11-8-17(25)14-21(19)26/h6-11,14-15H,4-5,12-13H2,1-3H3,(H,27,31). The summed E-state index contributed by atoms with van der Waals surface area (Å²) in [6.45, 7) is 5.43. The number of hydrogen-bond donors (Lipinski definition) is 1. The fourth-order valence-electron chi connectivity index (χ4n) is 3.47. The van der Waals surface area contributed by atoms with E-state index in [4.69, 9.17) is 0 Å². The zero-order chi connectivity index (χ0) is 23.3. The minimum Gasteiger partial charge on any atom is -0.339 e. The molecule has 2 aromatic carbocycles. The van der Waals surface area contributed by atoms with Crippen LogP contribution in [0.15, 0.2) is 48.7 Å². The first kappa shape index (κ1) is 23.1. The number of amides is 2. The monoisotopic (exact) mass is 440 g/mol. The van der Waals surface area contributed by atoms with E-state index in [-0.39, 0.29) is 22.7 Å². The van der Waals surface area contributed by atoms with Crippen LogP contribution < -0.4 is 5.32 Å². The van der Waals surface area contributed by atoms with E-state index < -0.39 is 17.5 Å². The van der Waals surface area contributed by atoms with E-state index in [1.165, 1.54) is 16.9 Å². The van der Waals surface area contributed by atoms with E-state index in [1.807, 2.05) is 18.7 Å². The zero-order valence-electron chi connectivity index (χ0n) is 18.4. The molecule has 1 heterocycles. The van der Waals surface area contributed by atoms with Gasteiger partial charge in [-0.2, -0.15) is 5.10 Å². The zero-order valence-corrected chi connectivity index (χ0v) is 18.4. The van der Waals surface area contributed by atoms with Crippen LogP contribution in [0.25, 0.3) is 11.3 Å². The van der Waals surface area contributed by atoms with Crippen molar-refractivity contribution in [2.45, 2.75) is 26.7 Å². The van der Waals surface area contributed by atoms with Crippen molar-refractivity contribution in [2.24, 2.45) is 7.05 Å². The van der Waals surface area contributed by atoms with E-state index in [0.717, 1.165) is 25.0 Å². The van der Waals surface area contributed by atoms with Crippen molar-refractivity contribution in [3.05, 3.63) is 71.4 Å². The molecule has 0 spiro atoms. The molecular weight excluding hydrogens is 414 g/mol. The van der Waals surface area contributed by atoms with E-state index in [2.05, 4.69) is 10.4 Å². The summed E-state index contributed by atoms with van der Waals surface area (Å²) in [6.07, 6.45) is 3.22. The molecule has 8 heteroatoms. The predicted octanol–water partition coefficient (Wildman–Crippen LogP) is 4.88. The second-order valence-electron chi connectivity index (χ2n) is 7.51. The summed E-state index contributed by atoms with van der Waals surface area (Å²) in [7, 11) is 1.61. The molecule has 3 rings (SSSR count). The van der Waals surface area contributed by atoms with Gasteiger partial charge in [0.15, 0.2) is 0 Å².